The molecule has 1 unspecified atom stereocenters. The molecule has 0 N–H and O–H groups in total. The number of hydrogen-bond donors (Lipinski definition) is 0. The molecule has 43 heavy (non-hydrogen) atoms. The number of carbonyl (C=O) groups is 2. The molecule has 2 aliphatic rings. The van der Waals surface area contributed by atoms with Crippen molar-refractivity contribution in [3.05, 3.63) is 93.2 Å². The van der Waals surface area contributed by atoms with Crippen molar-refractivity contribution < 1.29 is 14.3 Å². The van der Waals surface area contributed by atoms with Crippen LogP contribution in [0.2, 0.25) is 0 Å². The van der Waals surface area contributed by atoms with Crippen molar-refractivity contribution in [3.8, 4) is 6.07 Å². The highest BCUT2D eigenvalue weighted by Crippen LogP contribution is 2.36. The monoisotopic (exact) mass is 577 g/mol. The molecule has 1 amide bonds. The Bertz CT molecular complexity index is 1800. The molecule has 218 valence electrons. The minimum absolute atomic E-state index is 0.00950. The quantitative estimate of drug-likeness (QED) is 0.155. The molecular formula is C31H31N9O3. The summed E-state index contributed by atoms with van der Waals surface area (Å²) in [5, 5.41) is 22.9. The molecule has 0 radical (unpaired) electrons. The van der Waals surface area contributed by atoms with Crippen LogP contribution in [0.25, 0.3) is 21.3 Å². The van der Waals surface area contributed by atoms with Gasteiger partial charge >= 0.3 is 6.09 Å². The molecule has 4 aromatic rings. The molecule has 2 aromatic carbocycles. The molecule has 0 spiro atoms. The third-order valence-electron chi connectivity index (χ3n) is 8.06. The Balaban J connectivity index is 1.23. The Hall–Kier alpha value is -5.14. The van der Waals surface area contributed by atoms with Gasteiger partial charge in [0.1, 0.15) is 5.60 Å². The summed E-state index contributed by atoms with van der Waals surface area (Å²) in [6, 6.07) is 15.5. The number of ether oxygens (including phenoxy) is 1. The summed E-state index contributed by atoms with van der Waals surface area (Å²) in [5.41, 5.74) is 12.3. The van der Waals surface area contributed by atoms with Gasteiger partial charge in [-0.2, -0.15) is 20.1 Å². The number of aryl methyl sites for hydroxylation is 1. The summed E-state index contributed by atoms with van der Waals surface area (Å²) >= 11 is 0. The predicted octanol–water partition coefficient (Wildman–Crippen LogP) is 5.39. The summed E-state index contributed by atoms with van der Waals surface area (Å²) in [5.74, 6) is -0.0230. The molecule has 1 fully saturated rings. The van der Waals surface area contributed by atoms with Crippen molar-refractivity contribution in [2.75, 3.05) is 6.54 Å². The number of hydrogen-bond acceptors (Lipinski definition) is 7. The first-order chi connectivity index (χ1) is 20.8. The van der Waals surface area contributed by atoms with Gasteiger partial charge in [0.2, 0.25) is 0 Å². The number of amides is 1. The number of benzene rings is 2. The van der Waals surface area contributed by atoms with Crippen molar-refractivity contribution in [2.24, 2.45) is 5.11 Å². The van der Waals surface area contributed by atoms with Crippen molar-refractivity contribution in [3.63, 3.8) is 0 Å². The van der Waals surface area contributed by atoms with Gasteiger partial charge in [0.25, 0.3) is 5.91 Å². The first-order valence-electron chi connectivity index (χ1n) is 14.3. The molecule has 2 aliphatic carbocycles. The summed E-state index contributed by atoms with van der Waals surface area (Å²) in [6.45, 7) is 3.79. The first kappa shape index (κ1) is 28.0. The van der Waals surface area contributed by atoms with Crippen LogP contribution in [0.1, 0.15) is 65.9 Å². The zero-order chi connectivity index (χ0) is 30.1. The van der Waals surface area contributed by atoms with E-state index in [2.05, 4.69) is 26.3 Å². The average Bonchev–Trinajstić information content (AvgIpc) is 3.60. The van der Waals surface area contributed by atoms with Crippen LogP contribution in [-0.4, -0.2) is 60.7 Å². The highest BCUT2D eigenvalue weighted by molar-refractivity contribution is 6.06. The van der Waals surface area contributed by atoms with E-state index in [0.717, 1.165) is 47.0 Å². The highest BCUT2D eigenvalue weighted by atomic mass is 16.6. The summed E-state index contributed by atoms with van der Waals surface area (Å²) in [7, 11) is 0. The smallest absolute Gasteiger partial charge is 0.435 e. The SMILES string of the molecule is CC(C)(CN=[N+]=[N-])OC(=O)n1cc2c(n1)CCC(N(C(=O)c1cccc3c1cnn3Cc1ccccc1C#N)C1CC1)C2. The predicted molar refractivity (Wildman–Crippen MR) is 157 cm³/mol. The maximum Gasteiger partial charge on any atom is 0.435 e. The Kier molecular flexibility index (Phi) is 7.34. The Labute approximate surface area is 248 Å². The molecule has 0 saturated heterocycles. The fourth-order valence-corrected chi connectivity index (χ4v) is 5.80. The number of fused-ring (bicyclic) bond motifs is 2. The van der Waals surface area contributed by atoms with Crippen molar-refractivity contribution >= 4 is 22.9 Å². The van der Waals surface area contributed by atoms with Gasteiger partial charge in [0, 0.05) is 28.6 Å². The van der Waals surface area contributed by atoms with E-state index in [9.17, 15) is 14.9 Å². The summed E-state index contributed by atoms with van der Waals surface area (Å²) in [4.78, 5) is 31.8. The van der Waals surface area contributed by atoms with E-state index in [1.807, 2.05) is 46.0 Å². The van der Waals surface area contributed by atoms with Gasteiger partial charge in [-0.3, -0.25) is 9.48 Å². The number of rotatable bonds is 8. The Morgan fingerprint density at radius 3 is 2.77 bits per heavy atom. The van der Waals surface area contributed by atoms with Crippen LogP contribution >= 0.6 is 0 Å². The number of azide groups is 1. The molecule has 1 atom stereocenters. The fourth-order valence-electron chi connectivity index (χ4n) is 5.80. The van der Waals surface area contributed by atoms with Gasteiger partial charge in [-0.25, -0.2) is 4.79 Å². The van der Waals surface area contributed by atoms with E-state index in [0.29, 0.717) is 30.5 Å². The Morgan fingerprint density at radius 1 is 1.19 bits per heavy atom. The number of carbonyl (C=O) groups excluding carboxylic acids is 2. The first-order valence-corrected chi connectivity index (χ1v) is 14.3. The number of nitriles is 1. The summed E-state index contributed by atoms with van der Waals surface area (Å²) in [6.07, 6.45) is 6.67. The maximum atomic E-state index is 14.2. The third-order valence-corrected chi connectivity index (χ3v) is 8.06. The van der Waals surface area contributed by atoms with Gasteiger partial charge in [0.05, 0.1) is 47.7 Å². The zero-order valence-corrected chi connectivity index (χ0v) is 24.1. The second-order valence-corrected chi connectivity index (χ2v) is 11.7. The van der Waals surface area contributed by atoms with E-state index < -0.39 is 11.7 Å². The largest absolute Gasteiger partial charge is 0.442 e. The van der Waals surface area contributed by atoms with Crippen LogP contribution in [0.5, 0.6) is 0 Å². The molecular weight excluding hydrogens is 546 g/mol. The molecule has 0 bridgehead atoms. The van der Waals surface area contributed by atoms with Crippen LogP contribution in [0.15, 0.2) is 60.0 Å². The van der Waals surface area contributed by atoms with E-state index in [1.165, 1.54) is 4.68 Å². The number of nitrogens with zero attached hydrogens (tertiary/aromatic N) is 9. The lowest BCUT2D eigenvalue weighted by Gasteiger charge is -2.34. The van der Waals surface area contributed by atoms with E-state index >= 15 is 0 Å². The van der Waals surface area contributed by atoms with Crippen LogP contribution in [0, 0.1) is 11.3 Å². The molecule has 1 saturated carbocycles. The molecule has 6 rings (SSSR count). The van der Waals surface area contributed by atoms with Crippen LogP contribution in [-0.2, 0) is 24.1 Å². The standard InChI is InChI=1S/C31H31N9O3/c1-31(2,19-34-37-33)43-30(42)39-18-22-14-24(12-13-27(22)36-39)40(23-10-11-23)29(41)25-8-5-9-28-26(25)16-35-38(28)17-21-7-4-3-6-20(21)15-32/h3-9,16,18,23-24H,10-14,17,19H2,1-2H3. The van der Waals surface area contributed by atoms with E-state index in [4.69, 9.17) is 10.3 Å². The van der Waals surface area contributed by atoms with Crippen molar-refractivity contribution in [1.82, 2.24) is 24.5 Å². The molecule has 12 nitrogen and oxygen atoms in total. The van der Waals surface area contributed by atoms with E-state index in [-0.39, 0.29) is 24.5 Å². The van der Waals surface area contributed by atoms with Crippen molar-refractivity contribution in [2.45, 2.75) is 70.2 Å². The Morgan fingerprint density at radius 2 is 2.00 bits per heavy atom. The lowest BCUT2D eigenvalue weighted by atomic mass is 9.91. The highest BCUT2D eigenvalue weighted by Gasteiger charge is 2.40. The molecule has 0 aliphatic heterocycles. The van der Waals surface area contributed by atoms with Gasteiger partial charge in [0.15, 0.2) is 0 Å². The summed E-state index contributed by atoms with van der Waals surface area (Å²) < 4.78 is 8.56. The third kappa shape index (κ3) is 5.67. The van der Waals surface area contributed by atoms with Gasteiger partial charge in [-0.05, 0) is 80.8 Å². The van der Waals surface area contributed by atoms with Gasteiger partial charge in [-0.15, -0.1) is 0 Å². The average molecular weight is 578 g/mol. The zero-order valence-electron chi connectivity index (χ0n) is 24.1. The van der Waals surface area contributed by atoms with Crippen LogP contribution in [0.3, 0.4) is 0 Å². The van der Waals surface area contributed by atoms with E-state index in [1.54, 1.807) is 32.3 Å². The normalized spacial score (nSPS) is 16.2. The second kappa shape index (κ2) is 11.3. The lowest BCUT2D eigenvalue weighted by Crippen LogP contribution is -2.44. The van der Waals surface area contributed by atoms with Crippen molar-refractivity contribution in [1.29, 1.82) is 5.26 Å². The molecule has 2 heterocycles. The minimum Gasteiger partial charge on any atom is -0.442 e. The number of aromatic nitrogens is 4. The maximum absolute atomic E-state index is 14.2. The van der Waals surface area contributed by atoms with Crippen LogP contribution < -0.4 is 0 Å². The van der Waals surface area contributed by atoms with Gasteiger partial charge in [-0.1, -0.05) is 29.4 Å². The molecule has 12 heteroatoms. The fraction of sp³-hybridized carbons (Fsp3) is 0.387. The van der Waals surface area contributed by atoms with Gasteiger partial charge < -0.3 is 9.64 Å². The second-order valence-electron chi connectivity index (χ2n) is 11.7. The van der Waals surface area contributed by atoms with Crippen LogP contribution in [0.4, 0.5) is 4.79 Å². The molecule has 2 aromatic heterocycles. The topological polar surface area (TPSA) is 155 Å². The minimum atomic E-state index is -0.971. The lowest BCUT2D eigenvalue weighted by molar-refractivity contribution is 0.0441.